The molecule has 2 amide bonds. The number of halogens is 2. The Hall–Kier alpha value is -2.18. The summed E-state index contributed by atoms with van der Waals surface area (Å²) in [6.45, 7) is 2.59. The Morgan fingerprint density at radius 3 is 2.59 bits per heavy atom. The summed E-state index contributed by atoms with van der Waals surface area (Å²) in [6, 6.07) is 0.752. The minimum absolute atomic E-state index is 0.0903. The molecule has 2 heterocycles. The number of benzene rings is 1. The lowest BCUT2D eigenvalue weighted by atomic mass is 10.1. The van der Waals surface area contributed by atoms with Crippen molar-refractivity contribution in [2.75, 3.05) is 32.1 Å². The van der Waals surface area contributed by atoms with Crippen molar-refractivity contribution in [3.05, 3.63) is 29.3 Å². The fourth-order valence-corrected chi connectivity index (χ4v) is 3.15. The smallest absolute Gasteiger partial charge is 0.279 e. The highest BCUT2D eigenvalue weighted by molar-refractivity contribution is 6.04. The van der Waals surface area contributed by atoms with E-state index in [4.69, 9.17) is 0 Å². The van der Waals surface area contributed by atoms with Gasteiger partial charge in [0.2, 0.25) is 5.91 Å². The molecule has 2 unspecified atom stereocenters. The van der Waals surface area contributed by atoms with E-state index >= 15 is 0 Å². The van der Waals surface area contributed by atoms with Crippen LogP contribution in [0.4, 0.5) is 14.5 Å². The average molecular weight is 384 g/mol. The van der Waals surface area contributed by atoms with Gasteiger partial charge >= 0.3 is 0 Å². The monoisotopic (exact) mass is 384 g/mol. The number of hydroxylamine groups is 2. The van der Waals surface area contributed by atoms with Gasteiger partial charge in [-0.05, 0) is 18.9 Å². The molecule has 0 spiro atoms. The Labute approximate surface area is 154 Å². The zero-order chi connectivity index (χ0) is 19.6. The third kappa shape index (κ3) is 4.39. The van der Waals surface area contributed by atoms with Crippen LogP contribution in [0, 0.1) is 11.6 Å². The maximum atomic E-state index is 13.6. The highest BCUT2D eigenvalue weighted by Crippen LogP contribution is 2.22. The Morgan fingerprint density at radius 2 is 2.00 bits per heavy atom. The SMILES string of the molecule is CN(O)C(=O)c1cc(F)c(F)cc1NC(=O)C1CCC(N2CCNC2)NN1. The number of anilines is 1. The molecule has 0 bridgehead atoms. The topological polar surface area (TPSA) is 109 Å². The molecule has 2 saturated heterocycles. The van der Waals surface area contributed by atoms with Crippen molar-refractivity contribution < 1.29 is 23.6 Å². The second-order valence-electron chi connectivity index (χ2n) is 6.53. The average Bonchev–Trinajstić information content (AvgIpc) is 3.18. The first-order valence-electron chi connectivity index (χ1n) is 8.59. The first-order chi connectivity index (χ1) is 12.9. The van der Waals surface area contributed by atoms with E-state index < -0.39 is 29.5 Å². The molecule has 3 rings (SSSR count). The van der Waals surface area contributed by atoms with Gasteiger partial charge in [0.05, 0.1) is 17.4 Å². The predicted octanol–water partition coefficient (Wildman–Crippen LogP) is -0.190. The number of hydrazine groups is 1. The molecule has 2 atom stereocenters. The van der Waals surface area contributed by atoms with Crippen molar-refractivity contribution in [1.29, 1.82) is 0 Å². The van der Waals surface area contributed by atoms with Gasteiger partial charge < -0.3 is 10.6 Å². The predicted molar refractivity (Wildman–Crippen MR) is 91.5 cm³/mol. The van der Waals surface area contributed by atoms with Crippen molar-refractivity contribution in [3.8, 4) is 0 Å². The van der Waals surface area contributed by atoms with Gasteiger partial charge in [0.1, 0.15) is 6.04 Å². The van der Waals surface area contributed by atoms with E-state index in [1.54, 1.807) is 0 Å². The van der Waals surface area contributed by atoms with Crippen LogP contribution in [0.5, 0.6) is 0 Å². The molecular weight excluding hydrogens is 362 g/mol. The number of nitrogens with zero attached hydrogens (tertiary/aromatic N) is 2. The van der Waals surface area contributed by atoms with E-state index in [0.29, 0.717) is 12.5 Å². The van der Waals surface area contributed by atoms with Crippen LogP contribution in [0.1, 0.15) is 23.2 Å². The number of amides is 2. The molecule has 0 radical (unpaired) electrons. The first kappa shape index (κ1) is 19.6. The van der Waals surface area contributed by atoms with Crippen LogP contribution in [0.15, 0.2) is 12.1 Å². The van der Waals surface area contributed by atoms with E-state index in [0.717, 1.165) is 39.3 Å². The molecule has 2 aliphatic rings. The van der Waals surface area contributed by atoms with Gasteiger partial charge in [-0.15, -0.1) is 0 Å². The fourth-order valence-electron chi connectivity index (χ4n) is 3.15. The summed E-state index contributed by atoms with van der Waals surface area (Å²) < 4.78 is 27.1. The van der Waals surface area contributed by atoms with Gasteiger partial charge in [0.15, 0.2) is 11.6 Å². The molecule has 1 aromatic carbocycles. The third-order valence-corrected chi connectivity index (χ3v) is 4.64. The minimum Gasteiger partial charge on any atom is -0.324 e. The lowest BCUT2D eigenvalue weighted by molar-refractivity contribution is -0.119. The minimum atomic E-state index is -1.25. The summed E-state index contributed by atoms with van der Waals surface area (Å²) in [7, 11) is 1.05. The number of rotatable bonds is 4. The number of carbonyl (C=O) groups is 2. The Kier molecular flexibility index (Phi) is 5.97. The van der Waals surface area contributed by atoms with Crippen molar-refractivity contribution in [1.82, 2.24) is 26.1 Å². The molecule has 2 fully saturated rings. The molecule has 5 N–H and O–H groups in total. The van der Waals surface area contributed by atoms with Gasteiger partial charge in [0, 0.05) is 32.9 Å². The number of hydrogen-bond donors (Lipinski definition) is 5. The van der Waals surface area contributed by atoms with Crippen molar-refractivity contribution in [2.45, 2.75) is 25.0 Å². The van der Waals surface area contributed by atoms with Crippen molar-refractivity contribution in [2.24, 2.45) is 0 Å². The standard InChI is InChI=1S/C16H22F2N6O3/c1-23(27)16(26)9-6-10(17)11(18)7-13(9)20-15(25)12-2-3-14(22-21-12)24-5-4-19-8-24/h6-7,12,14,19,21-22,27H,2-5,8H2,1H3,(H,20,25). The zero-order valence-electron chi connectivity index (χ0n) is 14.8. The van der Waals surface area contributed by atoms with Gasteiger partial charge in [0.25, 0.3) is 5.91 Å². The van der Waals surface area contributed by atoms with Crippen LogP contribution in [-0.2, 0) is 4.79 Å². The van der Waals surface area contributed by atoms with Crippen molar-refractivity contribution in [3.63, 3.8) is 0 Å². The molecule has 27 heavy (non-hydrogen) atoms. The molecule has 0 saturated carbocycles. The van der Waals surface area contributed by atoms with Gasteiger partial charge in [-0.2, -0.15) is 0 Å². The molecule has 2 aliphatic heterocycles. The second-order valence-corrected chi connectivity index (χ2v) is 6.53. The molecule has 0 aliphatic carbocycles. The van der Waals surface area contributed by atoms with Crippen LogP contribution in [-0.4, -0.2) is 66.0 Å². The Bertz CT molecular complexity index is 718. The number of nitrogens with one attached hydrogen (secondary N) is 4. The summed E-state index contributed by atoms with van der Waals surface area (Å²) in [6.07, 6.45) is 1.33. The number of hydrogen-bond acceptors (Lipinski definition) is 7. The second kappa shape index (κ2) is 8.23. The molecule has 9 nitrogen and oxygen atoms in total. The summed E-state index contributed by atoms with van der Waals surface area (Å²) in [5.74, 6) is -3.93. The molecule has 148 valence electrons. The van der Waals surface area contributed by atoms with Crippen LogP contribution >= 0.6 is 0 Å². The first-order valence-corrected chi connectivity index (χ1v) is 8.59. The number of carbonyl (C=O) groups excluding carboxylic acids is 2. The quantitative estimate of drug-likeness (QED) is 0.362. The van der Waals surface area contributed by atoms with Crippen LogP contribution in [0.2, 0.25) is 0 Å². The molecule has 0 aromatic heterocycles. The van der Waals surface area contributed by atoms with Gasteiger partial charge in [-0.3, -0.25) is 19.7 Å². The zero-order valence-corrected chi connectivity index (χ0v) is 14.8. The normalized spacial score (nSPS) is 23.3. The summed E-state index contributed by atoms with van der Waals surface area (Å²) in [5, 5.41) is 15.2. The largest absolute Gasteiger partial charge is 0.324 e. The maximum Gasteiger partial charge on any atom is 0.279 e. The van der Waals surface area contributed by atoms with E-state index in [-0.39, 0.29) is 22.5 Å². The third-order valence-electron chi connectivity index (χ3n) is 4.64. The van der Waals surface area contributed by atoms with E-state index in [1.165, 1.54) is 0 Å². The summed E-state index contributed by atoms with van der Waals surface area (Å²) in [4.78, 5) is 26.7. The van der Waals surface area contributed by atoms with E-state index in [9.17, 15) is 23.6 Å². The Balaban J connectivity index is 1.67. The van der Waals surface area contributed by atoms with Crippen LogP contribution in [0.25, 0.3) is 0 Å². The lowest BCUT2D eigenvalue weighted by Gasteiger charge is -2.35. The van der Waals surface area contributed by atoms with Crippen LogP contribution < -0.4 is 21.5 Å². The molecule has 1 aromatic rings. The fraction of sp³-hybridized carbons (Fsp3) is 0.500. The van der Waals surface area contributed by atoms with Crippen LogP contribution in [0.3, 0.4) is 0 Å². The van der Waals surface area contributed by atoms with Gasteiger partial charge in [-0.1, -0.05) is 0 Å². The lowest BCUT2D eigenvalue weighted by Crippen LogP contribution is -2.60. The van der Waals surface area contributed by atoms with Crippen molar-refractivity contribution >= 4 is 17.5 Å². The highest BCUT2D eigenvalue weighted by Gasteiger charge is 2.30. The van der Waals surface area contributed by atoms with E-state index in [2.05, 4.69) is 26.4 Å². The summed E-state index contributed by atoms with van der Waals surface area (Å²) in [5.41, 5.74) is 5.44. The summed E-state index contributed by atoms with van der Waals surface area (Å²) >= 11 is 0. The Morgan fingerprint density at radius 1 is 1.26 bits per heavy atom. The van der Waals surface area contributed by atoms with Gasteiger partial charge in [-0.25, -0.2) is 24.7 Å². The molecular formula is C16H22F2N6O3. The highest BCUT2D eigenvalue weighted by atomic mass is 19.2. The molecule has 11 heteroatoms. The maximum absolute atomic E-state index is 13.6. The van der Waals surface area contributed by atoms with E-state index in [1.807, 2.05) is 0 Å².